The number of aromatic nitrogens is 2. The zero-order valence-corrected chi connectivity index (χ0v) is 11.4. The first-order chi connectivity index (χ1) is 10.3. The topological polar surface area (TPSA) is 70.1 Å². The Hall–Kier alpha value is -2.82. The van der Waals surface area contributed by atoms with Gasteiger partial charge in [-0.05, 0) is 18.2 Å². The molecule has 5 heteroatoms. The lowest BCUT2D eigenvalue weighted by atomic mass is 10.2. The van der Waals surface area contributed by atoms with Gasteiger partial charge in [-0.1, -0.05) is 30.3 Å². The molecule has 0 atom stereocenters. The zero-order valence-electron chi connectivity index (χ0n) is 11.4. The summed E-state index contributed by atoms with van der Waals surface area (Å²) in [5.41, 5.74) is 6.26. The van der Waals surface area contributed by atoms with Gasteiger partial charge in [0, 0.05) is 5.39 Å². The molecule has 2 N–H and O–H groups in total. The SMILES string of the molecule is Nc1ccccc1OCCn1ncc2ccccc2c1=O. The number of nitrogens with zero attached hydrogens (tertiary/aromatic N) is 2. The molecule has 0 aliphatic rings. The monoisotopic (exact) mass is 281 g/mol. The molecule has 0 saturated heterocycles. The number of nitrogen functional groups attached to an aromatic ring is 1. The highest BCUT2D eigenvalue weighted by molar-refractivity contribution is 5.80. The molecule has 0 amide bonds. The van der Waals surface area contributed by atoms with Crippen LogP contribution in [0.25, 0.3) is 10.8 Å². The van der Waals surface area contributed by atoms with Crippen LogP contribution in [-0.2, 0) is 6.54 Å². The fourth-order valence-electron chi connectivity index (χ4n) is 2.14. The third-order valence-corrected chi connectivity index (χ3v) is 3.24. The van der Waals surface area contributed by atoms with Crippen LogP contribution >= 0.6 is 0 Å². The highest BCUT2D eigenvalue weighted by atomic mass is 16.5. The molecule has 3 aromatic rings. The lowest BCUT2D eigenvalue weighted by Crippen LogP contribution is -2.25. The van der Waals surface area contributed by atoms with Crippen molar-refractivity contribution in [3.05, 3.63) is 65.1 Å². The van der Waals surface area contributed by atoms with Crippen molar-refractivity contribution >= 4 is 16.5 Å². The summed E-state index contributed by atoms with van der Waals surface area (Å²) in [7, 11) is 0. The van der Waals surface area contributed by atoms with Crippen LogP contribution in [0.3, 0.4) is 0 Å². The Balaban J connectivity index is 1.76. The van der Waals surface area contributed by atoms with Gasteiger partial charge in [0.25, 0.3) is 5.56 Å². The minimum absolute atomic E-state index is 0.113. The summed E-state index contributed by atoms with van der Waals surface area (Å²) in [6.07, 6.45) is 1.69. The summed E-state index contributed by atoms with van der Waals surface area (Å²) < 4.78 is 6.99. The Kier molecular flexibility index (Phi) is 3.55. The minimum atomic E-state index is -0.113. The van der Waals surface area contributed by atoms with E-state index in [0.29, 0.717) is 30.0 Å². The summed E-state index contributed by atoms with van der Waals surface area (Å²) in [5.74, 6) is 0.617. The predicted octanol–water partition coefficient (Wildman–Crippen LogP) is 2.06. The summed E-state index contributed by atoms with van der Waals surface area (Å²) in [4.78, 5) is 12.3. The lowest BCUT2D eigenvalue weighted by molar-refractivity contribution is 0.290. The number of ether oxygens (including phenoxy) is 1. The lowest BCUT2D eigenvalue weighted by Gasteiger charge is -2.09. The highest BCUT2D eigenvalue weighted by Crippen LogP contribution is 2.19. The van der Waals surface area contributed by atoms with Gasteiger partial charge in [-0.25, -0.2) is 4.68 Å². The molecule has 0 spiro atoms. The highest BCUT2D eigenvalue weighted by Gasteiger charge is 2.04. The van der Waals surface area contributed by atoms with Crippen LogP contribution < -0.4 is 16.0 Å². The van der Waals surface area contributed by atoms with E-state index in [1.807, 2.05) is 30.3 Å². The normalized spacial score (nSPS) is 10.7. The maximum Gasteiger partial charge on any atom is 0.274 e. The van der Waals surface area contributed by atoms with Crippen molar-refractivity contribution in [2.75, 3.05) is 12.3 Å². The fourth-order valence-corrected chi connectivity index (χ4v) is 2.14. The van der Waals surface area contributed by atoms with Crippen molar-refractivity contribution < 1.29 is 4.74 Å². The minimum Gasteiger partial charge on any atom is -0.489 e. The summed E-state index contributed by atoms with van der Waals surface area (Å²) in [6.45, 7) is 0.706. The van der Waals surface area contributed by atoms with E-state index in [1.54, 1.807) is 24.4 Å². The van der Waals surface area contributed by atoms with Crippen molar-refractivity contribution in [3.63, 3.8) is 0 Å². The third-order valence-electron chi connectivity index (χ3n) is 3.24. The second-order valence-electron chi connectivity index (χ2n) is 4.65. The number of hydrogen-bond donors (Lipinski definition) is 1. The van der Waals surface area contributed by atoms with Crippen LogP contribution in [0.1, 0.15) is 0 Å². The average Bonchev–Trinajstić information content (AvgIpc) is 2.52. The standard InChI is InChI=1S/C16H15N3O2/c17-14-7-3-4-8-15(14)21-10-9-19-16(20)13-6-2-1-5-12(13)11-18-19/h1-8,11H,9-10,17H2. The van der Waals surface area contributed by atoms with E-state index in [4.69, 9.17) is 10.5 Å². The van der Waals surface area contributed by atoms with Gasteiger partial charge in [0.1, 0.15) is 12.4 Å². The van der Waals surface area contributed by atoms with Crippen molar-refractivity contribution in [3.8, 4) is 5.75 Å². The number of fused-ring (bicyclic) bond motifs is 1. The number of anilines is 1. The molecule has 106 valence electrons. The van der Waals surface area contributed by atoms with Gasteiger partial charge < -0.3 is 10.5 Å². The first-order valence-electron chi connectivity index (χ1n) is 6.68. The van der Waals surface area contributed by atoms with E-state index in [0.717, 1.165) is 5.39 Å². The molecule has 1 heterocycles. The van der Waals surface area contributed by atoms with E-state index in [9.17, 15) is 4.79 Å². The number of nitrogens with two attached hydrogens (primary N) is 1. The first-order valence-corrected chi connectivity index (χ1v) is 6.68. The van der Waals surface area contributed by atoms with E-state index in [-0.39, 0.29) is 5.56 Å². The number of hydrogen-bond acceptors (Lipinski definition) is 4. The van der Waals surface area contributed by atoms with Crippen molar-refractivity contribution in [1.29, 1.82) is 0 Å². The van der Waals surface area contributed by atoms with Crippen molar-refractivity contribution in [2.24, 2.45) is 0 Å². The summed E-state index contributed by atoms with van der Waals surface area (Å²) in [6, 6.07) is 14.7. The smallest absolute Gasteiger partial charge is 0.274 e. The van der Waals surface area contributed by atoms with Crippen LogP contribution in [0.2, 0.25) is 0 Å². The second kappa shape index (κ2) is 5.66. The Morgan fingerprint density at radius 2 is 1.86 bits per heavy atom. The molecule has 2 aromatic carbocycles. The Morgan fingerprint density at radius 1 is 1.10 bits per heavy atom. The van der Waals surface area contributed by atoms with Gasteiger partial charge in [-0.2, -0.15) is 5.10 Å². The van der Waals surface area contributed by atoms with Crippen molar-refractivity contribution in [2.45, 2.75) is 6.54 Å². The molecular weight excluding hydrogens is 266 g/mol. The van der Waals surface area contributed by atoms with E-state index >= 15 is 0 Å². The fraction of sp³-hybridized carbons (Fsp3) is 0.125. The van der Waals surface area contributed by atoms with E-state index < -0.39 is 0 Å². The van der Waals surface area contributed by atoms with Gasteiger partial charge in [-0.15, -0.1) is 0 Å². The molecular formula is C16H15N3O2. The molecule has 0 saturated carbocycles. The van der Waals surface area contributed by atoms with Gasteiger partial charge in [-0.3, -0.25) is 4.79 Å². The Labute approximate surface area is 121 Å². The van der Waals surface area contributed by atoms with Crippen LogP contribution in [-0.4, -0.2) is 16.4 Å². The molecule has 21 heavy (non-hydrogen) atoms. The molecule has 0 aliphatic heterocycles. The first kappa shape index (κ1) is 13.2. The molecule has 5 nitrogen and oxygen atoms in total. The van der Waals surface area contributed by atoms with Gasteiger partial charge in [0.2, 0.25) is 0 Å². The largest absolute Gasteiger partial charge is 0.489 e. The maximum absolute atomic E-state index is 12.3. The van der Waals surface area contributed by atoms with E-state index in [2.05, 4.69) is 5.10 Å². The van der Waals surface area contributed by atoms with Gasteiger partial charge in [0.15, 0.2) is 0 Å². The average molecular weight is 281 g/mol. The predicted molar refractivity (Wildman–Crippen MR) is 82.4 cm³/mol. The van der Waals surface area contributed by atoms with E-state index in [1.165, 1.54) is 4.68 Å². The van der Waals surface area contributed by atoms with Crippen LogP contribution in [0, 0.1) is 0 Å². The van der Waals surface area contributed by atoms with Gasteiger partial charge >= 0.3 is 0 Å². The van der Waals surface area contributed by atoms with Gasteiger partial charge in [0.05, 0.1) is 23.8 Å². The maximum atomic E-state index is 12.3. The molecule has 0 aliphatic carbocycles. The van der Waals surface area contributed by atoms with Crippen molar-refractivity contribution in [1.82, 2.24) is 9.78 Å². The Bertz CT molecular complexity index is 827. The second-order valence-corrected chi connectivity index (χ2v) is 4.65. The molecule has 3 rings (SSSR count). The number of benzene rings is 2. The summed E-state index contributed by atoms with van der Waals surface area (Å²) in [5, 5.41) is 5.65. The number of para-hydroxylation sites is 2. The Morgan fingerprint density at radius 3 is 2.71 bits per heavy atom. The number of rotatable bonds is 4. The molecule has 0 bridgehead atoms. The van der Waals surface area contributed by atoms with Crippen LogP contribution in [0.5, 0.6) is 5.75 Å². The summed E-state index contributed by atoms with van der Waals surface area (Å²) >= 11 is 0. The molecule has 0 unspecified atom stereocenters. The zero-order chi connectivity index (χ0) is 14.7. The molecule has 0 radical (unpaired) electrons. The van der Waals surface area contributed by atoms with Crippen LogP contribution in [0.15, 0.2) is 59.5 Å². The molecule has 1 aromatic heterocycles. The third kappa shape index (κ3) is 2.72. The van der Waals surface area contributed by atoms with Crippen LogP contribution in [0.4, 0.5) is 5.69 Å². The quantitative estimate of drug-likeness (QED) is 0.743. The molecule has 0 fully saturated rings.